The molecule has 0 aliphatic heterocycles. The average Bonchev–Trinajstić information content (AvgIpc) is 2.88. The van der Waals surface area contributed by atoms with Crippen molar-refractivity contribution >= 4 is 0 Å². The summed E-state index contributed by atoms with van der Waals surface area (Å²) in [6.45, 7) is 0. The summed E-state index contributed by atoms with van der Waals surface area (Å²) in [7, 11) is 1.79. The molecule has 1 heterocycles. The van der Waals surface area contributed by atoms with Crippen molar-refractivity contribution < 1.29 is 22.3 Å². The van der Waals surface area contributed by atoms with Crippen molar-refractivity contribution in [3.63, 3.8) is 0 Å². The van der Waals surface area contributed by atoms with Crippen molar-refractivity contribution in [3.05, 3.63) is 54.0 Å². The van der Waals surface area contributed by atoms with Gasteiger partial charge in [0.25, 0.3) is 0 Å². The van der Waals surface area contributed by atoms with Crippen LogP contribution in [-0.2, 0) is 6.42 Å². The van der Waals surface area contributed by atoms with E-state index >= 15 is 0 Å². The van der Waals surface area contributed by atoms with Crippen LogP contribution >= 0.6 is 0 Å². The number of hydrogen-bond donors (Lipinski definition) is 1. The summed E-state index contributed by atoms with van der Waals surface area (Å²) in [5.74, 6) is 0.578. The number of benzene rings is 1. The Morgan fingerprint density at radius 1 is 1.20 bits per heavy atom. The first-order valence-corrected chi connectivity index (χ1v) is 6.03. The molecule has 2 rings (SSSR count). The van der Waals surface area contributed by atoms with Crippen molar-refractivity contribution in [1.82, 2.24) is 5.32 Å². The van der Waals surface area contributed by atoms with Crippen LogP contribution in [0, 0.1) is 0 Å². The number of rotatable bonds is 5. The lowest BCUT2D eigenvalue weighted by Crippen LogP contribution is -2.19. The number of furan rings is 1. The van der Waals surface area contributed by atoms with Crippen LogP contribution < -0.4 is 10.1 Å². The molecule has 1 atom stereocenters. The van der Waals surface area contributed by atoms with Crippen molar-refractivity contribution in [3.8, 4) is 5.75 Å². The Hall–Kier alpha value is -1.95. The van der Waals surface area contributed by atoms with Crippen LogP contribution in [0.4, 0.5) is 13.2 Å². The van der Waals surface area contributed by atoms with E-state index in [2.05, 4.69) is 10.1 Å². The first-order chi connectivity index (χ1) is 9.48. The second kappa shape index (κ2) is 6.00. The molecule has 1 aromatic carbocycles. The third-order valence-electron chi connectivity index (χ3n) is 2.85. The van der Waals surface area contributed by atoms with E-state index < -0.39 is 6.36 Å². The minimum Gasteiger partial charge on any atom is -0.469 e. The van der Waals surface area contributed by atoms with E-state index in [1.54, 1.807) is 31.5 Å². The van der Waals surface area contributed by atoms with Gasteiger partial charge in [0.05, 0.1) is 6.26 Å². The van der Waals surface area contributed by atoms with Crippen LogP contribution in [0.2, 0.25) is 0 Å². The fraction of sp³-hybridized carbons (Fsp3) is 0.286. The maximum absolute atomic E-state index is 12.1. The van der Waals surface area contributed by atoms with Gasteiger partial charge in [0.1, 0.15) is 11.5 Å². The van der Waals surface area contributed by atoms with E-state index in [1.807, 2.05) is 6.07 Å². The van der Waals surface area contributed by atoms with Crippen molar-refractivity contribution in [2.45, 2.75) is 18.8 Å². The van der Waals surface area contributed by atoms with E-state index in [9.17, 15) is 13.2 Å². The molecule has 0 saturated heterocycles. The van der Waals surface area contributed by atoms with E-state index in [4.69, 9.17) is 4.42 Å². The lowest BCUT2D eigenvalue weighted by molar-refractivity contribution is -0.274. The summed E-state index contributed by atoms with van der Waals surface area (Å²) in [4.78, 5) is 0. The number of hydrogen-bond acceptors (Lipinski definition) is 3. The summed E-state index contributed by atoms with van der Waals surface area (Å²) in [5, 5.41) is 3.10. The number of halogens is 3. The zero-order valence-electron chi connectivity index (χ0n) is 10.8. The Morgan fingerprint density at radius 3 is 2.40 bits per heavy atom. The van der Waals surface area contributed by atoms with E-state index in [0.717, 1.165) is 11.3 Å². The molecule has 3 nitrogen and oxygen atoms in total. The second-order valence-electron chi connectivity index (χ2n) is 4.24. The summed E-state index contributed by atoms with van der Waals surface area (Å²) in [6.07, 6.45) is -2.47. The lowest BCUT2D eigenvalue weighted by atomic mass is 10.0. The van der Waals surface area contributed by atoms with E-state index in [-0.39, 0.29) is 11.8 Å². The molecule has 0 spiro atoms. The normalized spacial score (nSPS) is 13.2. The van der Waals surface area contributed by atoms with E-state index in [0.29, 0.717) is 6.42 Å². The van der Waals surface area contributed by atoms with Gasteiger partial charge in [-0.05, 0) is 36.9 Å². The summed E-state index contributed by atoms with van der Waals surface area (Å²) in [6, 6.07) is 9.41. The SMILES string of the molecule is CNC(Cc1ccco1)c1ccc(OC(F)(F)F)cc1. The lowest BCUT2D eigenvalue weighted by Gasteiger charge is -2.16. The van der Waals surface area contributed by atoms with Crippen LogP contribution in [0.25, 0.3) is 0 Å². The molecule has 20 heavy (non-hydrogen) atoms. The van der Waals surface area contributed by atoms with Gasteiger partial charge in [0.2, 0.25) is 0 Å². The zero-order valence-corrected chi connectivity index (χ0v) is 10.8. The summed E-state index contributed by atoms with van der Waals surface area (Å²) < 4.78 is 45.3. The van der Waals surface area contributed by atoms with Crippen LogP contribution in [0.15, 0.2) is 47.1 Å². The first-order valence-electron chi connectivity index (χ1n) is 6.03. The highest BCUT2D eigenvalue weighted by Crippen LogP contribution is 2.25. The minimum atomic E-state index is -4.67. The quantitative estimate of drug-likeness (QED) is 0.910. The van der Waals surface area contributed by atoms with Gasteiger partial charge < -0.3 is 14.5 Å². The largest absolute Gasteiger partial charge is 0.573 e. The van der Waals surface area contributed by atoms with Gasteiger partial charge >= 0.3 is 6.36 Å². The number of nitrogens with one attached hydrogen (secondary N) is 1. The molecule has 0 aliphatic rings. The van der Waals surface area contributed by atoms with Gasteiger partial charge in [-0.15, -0.1) is 13.2 Å². The van der Waals surface area contributed by atoms with Gasteiger partial charge in [-0.2, -0.15) is 0 Å². The van der Waals surface area contributed by atoms with Crippen LogP contribution in [0.1, 0.15) is 17.4 Å². The van der Waals surface area contributed by atoms with Crippen LogP contribution in [0.5, 0.6) is 5.75 Å². The molecule has 1 aromatic heterocycles. The topological polar surface area (TPSA) is 34.4 Å². The van der Waals surface area contributed by atoms with Gasteiger partial charge in [-0.1, -0.05) is 12.1 Å². The maximum atomic E-state index is 12.1. The van der Waals surface area contributed by atoms with Crippen molar-refractivity contribution in [1.29, 1.82) is 0 Å². The fourth-order valence-corrected chi connectivity index (χ4v) is 1.92. The molecule has 0 amide bonds. The molecular formula is C14H14F3NO2. The third kappa shape index (κ3) is 4.03. The van der Waals surface area contributed by atoms with Gasteiger partial charge in [0, 0.05) is 12.5 Å². The Balaban J connectivity index is 2.07. The summed E-state index contributed by atoms with van der Waals surface area (Å²) >= 11 is 0. The minimum absolute atomic E-state index is 0.0407. The number of ether oxygens (including phenoxy) is 1. The molecule has 0 fully saturated rings. The van der Waals surface area contributed by atoms with Gasteiger partial charge in [0.15, 0.2) is 0 Å². The molecular weight excluding hydrogens is 271 g/mol. The second-order valence-corrected chi connectivity index (χ2v) is 4.24. The van der Waals surface area contributed by atoms with Crippen molar-refractivity contribution in [2.24, 2.45) is 0 Å². The molecule has 108 valence electrons. The molecule has 2 aromatic rings. The molecule has 0 radical (unpaired) electrons. The number of likely N-dealkylation sites (N-methyl/N-ethyl adjacent to an activating group) is 1. The molecule has 0 saturated carbocycles. The Labute approximate surface area is 114 Å². The Morgan fingerprint density at radius 2 is 1.90 bits per heavy atom. The highest BCUT2D eigenvalue weighted by atomic mass is 19.4. The fourth-order valence-electron chi connectivity index (χ4n) is 1.92. The predicted molar refractivity (Wildman–Crippen MR) is 67.3 cm³/mol. The average molecular weight is 285 g/mol. The smallest absolute Gasteiger partial charge is 0.469 e. The molecule has 6 heteroatoms. The molecule has 1 unspecified atom stereocenters. The molecule has 1 N–H and O–H groups in total. The number of alkyl halides is 3. The summed E-state index contributed by atoms with van der Waals surface area (Å²) in [5.41, 5.74) is 0.860. The highest BCUT2D eigenvalue weighted by molar-refractivity contribution is 5.30. The highest BCUT2D eigenvalue weighted by Gasteiger charge is 2.31. The Bertz CT molecular complexity index is 520. The predicted octanol–water partition coefficient (Wildman–Crippen LogP) is 3.68. The molecule has 0 aliphatic carbocycles. The Kier molecular flexibility index (Phi) is 4.34. The zero-order chi connectivity index (χ0) is 14.6. The van der Waals surface area contributed by atoms with E-state index in [1.165, 1.54) is 12.1 Å². The van der Waals surface area contributed by atoms with Crippen molar-refractivity contribution in [2.75, 3.05) is 7.05 Å². The monoisotopic (exact) mass is 285 g/mol. The maximum Gasteiger partial charge on any atom is 0.573 e. The van der Waals surface area contributed by atoms with Gasteiger partial charge in [-0.3, -0.25) is 0 Å². The standard InChI is InChI=1S/C14H14F3NO2/c1-18-13(9-12-3-2-8-19-12)10-4-6-11(7-5-10)20-14(15,16)17/h2-8,13,18H,9H2,1H3. The first kappa shape index (κ1) is 14.5. The third-order valence-corrected chi connectivity index (χ3v) is 2.85. The van der Waals surface area contributed by atoms with Crippen LogP contribution in [0.3, 0.4) is 0 Å². The van der Waals surface area contributed by atoms with Gasteiger partial charge in [-0.25, -0.2) is 0 Å². The van der Waals surface area contributed by atoms with Crippen LogP contribution in [-0.4, -0.2) is 13.4 Å². The molecule has 0 bridgehead atoms.